The molecule has 2 aromatic rings. The molecule has 2 aliphatic heterocycles. The Morgan fingerprint density at radius 1 is 1.07 bits per heavy atom. The van der Waals surface area contributed by atoms with Gasteiger partial charge in [-0.3, -0.25) is 4.79 Å². The molecule has 1 amide bonds. The minimum absolute atomic E-state index is 0.0289. The summed E-state index contributed by atoms with van der Waals surface area (Å²) in [4.78, 5) is 19.3. The maximum atomic E-state index is 12.7. The normalized spacial score (nSPS) is 20.6. The van der Waals surface area contributed by atoms with Crippen molar-refractivity contribution < 1.29 is 17.9 Å². The van der Waals surface area contributed by atoms with Gasteiger partial charge in [0.25, 0.3) is 5.91 Å². The number of hydrogen-bond acceptors (Lipinski definition) is 6. The Hall–Kier alpha value is -2.49. The zero-order valence-corrected chi connectivity index (χ0v) is 16.8. The summed E-state index contributed by atoms with van der Waals surface area (Å²) in [6.45, 7) is 3.02. The van der Waals surface area contributed by atoms with Crippen LogP contribution in [0, 0.1) is 0 Å². The van der Waals surface area contributed by atoms with Crippen molar-refractivity contribution in [2.75, 3.05) is 44.3 Å². The first-order valence-electron chi connectivity index (χ1n) is 9.69. The second-order valence-electron chi connectivity index (χ2n) is 7.13. The van der Waals surface area contributed by atoms with Gasteiger partial charge in [0.05, 0.1) is 18.1 Å². The number of hydrogen-bond donors (Lipinski definition) is 1. The Kier molecular flexibility index (Phi) is 5.79. The van der Waals surface area contributed by atoms with Crippen molar-refractivity contribution in [1.29, 1.82) is 0 Å². The van der Waals surface area contributed by atoms with Crippen LogP contribution in [0.4, 0.5) is 5.82 Å². The van der Waals surface area contributed by atoms with E-state index in [4.69, 9.17) is 4.74 Å². The van der Waals surface area contributed by atoms with Crippen LogP contribution < -0.4 is 10.2 Å². The maximum absolute atomic E-state index is 12.7. The fourth-order valence-electron chi connectivity index (χ4n) is 3.61. The van der Waals surface area contributed by atoms with Crippen LogP contribution >= 0.6 is 0 Å². The second-order valence-corrected chi connectivity index (χ2v) is 9.07. The van der Waals surface area contributed by atoms with E-state index in [-0.39, 0.29) is 16.8 Å². The van der Waals surface area contributed by atoms with E-state index in [1.807, 2.05) is 18.2 Å². The van der Waals surface area contributed by atoms with Crippen LogP contribution in [-0.4, -0.2) is 69.0 Å². The molecule has 8 nitrogen and oxygen atoms in total. The predicted molar refractivity (Wildman–Crippen MR) is 108 cm³/mol. The van der Waals surface area contributed by atoms with Crippen LogP contribution in [0.1, 0.15) is 16.8 Å². The summed E-state index contributed by atoms with van der Waals surface area (Å²) in [7, 11) is -3.56. The number of morpholine rings is 1. The molecule has 3 heterocycles. The minimum Gasteiger partial charge on any atom is -0.379 e. The van der Waals surface area contributed by atoms with Crippen LogP contribution in [0.2, 0.25) is 0 Å². The second kappa shape index (κ2) is 8.48. The van der Waals surface area contributed by atoms with Gasteiger partial charge in [-0.1, -0.05) is 6.07 Å². The summed E-state index contributed by atoms with van der Waals surface area (Å²) in [5.74, 6) is 0.704. The molecule has 0 spiro atoms. The maximum Gasteiger partial charge on any atom is 0.251 e. The number of ether oxygens (including phenoxy) is 1. The molecule has 2 aliphatic rings. The van der Waals surface area contributed by atoms with Crippen molar-refractivity contribution in [3.8, 4) is 0 Å². The Morgan fingerprint density at radius 2 is 1.83 bits per heavy atom. The average molecular weight is 417 g/mol. The molecule has 2 fully saturated rings. The van der Waals surface area contributed by atoms with E-state index in [0.29, 0.717) is 38.4 Å². The molecule has 4 rings (SSSR count). The number of anilines is 1. The Morgan fingerprint density at radius 3 is 2.52 bits per heavy atom. The Labute approximate surface area is 170 Å². The fraction of sp³-hybridized carbons (Fsp3) is 0.400. The molecule has 1 aromatic carbocycles. The fourth-order valence-corrected chi connectivity index (χ4v) is 5.02. The van der Waals surface area contributed by atoms with Gasteiger partial charge in [0, 0.05) is 44.0 Å². The number of amides is 1. The Bertz CT molecular complexity index is 944. The van der Waals surface area contributed by atoms with E-state index >= 15 is 0 Å². The molecule has 2 saturated heterocycles. The zero-order chi connectivity index (χ0) is 20.3. The van der Waals surface area contributed by atoms with Gasteiger partial charge < -0.3 is 15.0 Å². The number of nitrogens with zero attached hydrogens (tertiary/aromatic N) is 3. The molecule has 1 N–H and O–H groups in total. The average Bonchev–Trinajstić information content (AvgIpc) is 3.23. The van der Waals surface area contributed by atoms with Crippen LogP contribution in [0.25, 0.3) is 0 Å². The highest BCUT2D eigenvalue weighted by Gasteiger charge is 2.27. The van der Waals surface area contributed by atoms with E-state index < -0.39 is 10.0 Å². The van der Waals surface area contributed by atoms with Crippen molar-refractivity contribution in [2.45, 2.75) is 17.4 Å². The summed E-state index contributed by atoms with van der Waals surface area (Å²) >= 11 is 0. The number of pyridine rings is 1. The predicted octanol–water partition coefficient (Wildman–Crippen LogP) is 1.11. The largest absolute Gasteiger partial charge is 0.379 e. The van der Waals surface area contributed by atoms with Gasteiger partial charge in [0.2, 0.25) is 10.0 Å². The molecule has 29 heavy (non-hydrogen) atoms. The van der Waals surface area contributed by atoms with Gasteiger partial charge in [-0.05, 0) is 42.8 Å². The van der Waals surface area contributed by atoms with Crippen molar-refractivity contribution in [1.82, 2.24) is 14.6 Å². The smallest absolute Gasteiger partial charge is 0.251 e. The van der Waals surface area contributed by atoms with Gasteiger partial charge in [-0.2, -0.15) is 4.31 Å². The lowest BCUT2D eigenvalue weighted by molar-refractivity contribution is 0.0730. The minimum atomic E-state index is -3.56. The molecule has 0 saturated carbocycles. The number of nitrogens with one attached hydrogen (secondary N) is 1. The highest BCUT2D eigenvalue weighted by Crippen LogP contribution is 2.19. The molecule has 9 heteroatoms. The van der Waals surface area contributed by atoms with Crippen molar-refractivity contribution >= 4 is 21.7 Å². The number of carbonyl (C=O) groups excluding carboxylic acids is 1. The van der Waals surface area contributed by atoms with E-state index in [9.17, 15) is 13.2 Å². The summed E-state index contributed by atoms with van der Waals surface area (Å²) in [5, 5.41) is 3.03. The third-order valence-electron chi connectivity index (χ3n) is 5.22. The summed E-state index contributed by atoms with van der Waals surface area (Å²) < 4.78 is 32.0. The van der Waals surface area contributed by atoms with Crippen molar-refractivity contribution in [3.63, 3.8) is 0 Å². The molecule has 1 atom stereocenters. The molecule has 0 bridgehead atoms. The standard InChI is InChI=1S/C20H24N4O4S/c25-20(22-17-8-10-23(15-17)19-3-1-2-9-21-19)16-4-6-18(7-5-16)29(26,27)24-11-13-28-14-12-24/h1-7,9,17H,8,10-15H2,(H,22,25). The van der Waals surface area contributed by atoms with Gasteiger partial charge in [0.15, 0.2) is 0 Å². The summed E-state index contributed by atoms with van der Waals surface area (Å²) in [6, 6.07) is 11.9. The van der Waals surface area contributed by atoms with Crippen molar-refractivity contribution in [2.24, 2.45) is 0 Å². The quantitative estimate of drug-likeness (QED) is 0.785. The molecule has 1 aromatic heterocycles. The monoisotopic (exact) mass is 416 g/mol. The highest BCUT2D eigenvalue weighted by atomic mass is 32.2. The summed E-state index contributed by atoms with van der Waals surface area (Å²) in [5.41, 5.74) is 0.446. The molecular weight excluding hydrogens is 392 g/mol. The number of carbonyl (C=O) groups is 1. The third-order valence-corrected chi connectivity index (χ3v) is 7.13. The lowest BCUT2D eigenvalue weighted by Gasteiger charge is -2.26. The molecule has 0 aliphatic carbocycles. The van der Waals surface area contributed by atoms with Gasteiger partial charge >= 0.3 is 0 Å². The molecule has 154 valence electrons. The third kappa shape index (κ3) is 4.42. The first kappa shape index (κ1) is 19.8. The van der Waals surface area contributed by atoms with Crippen molar-refractivity contribution in [3.05, 3.63) is 54.2 Å². The van der Waals surface area contributed by atoms with E-state index in [1.165, 1.54) is 16.4 Å². The van der Waals surface area contributed by atoms with E-state index in [0.717, 1.165) is 18.8 Å². The Balaban J connectivity index is 1.37. The molecule has 0 radical (unpaired) electrons. The number of sulfonamides is 1. The molecular formula is C20H24N4O4S. The topological polar surface area (TPSA) is 91.8 Å². The zero-order valence-electron chi connectivity index (χ0n) is 16.0. The number of aromatic nitrogens is 1. The first-order chi connectivity index (χ1) is 14.0. The van der Waals surface area contributed by atoms with Gasteiger partial charge in [0.1, 0.15) is 5.82 Å². The van der Waals surface area contributed by atoms with E-state index in [2.05, 4.69) is 15.2 Å². The van der Waals surface area contributed by atoms with Crippen LogP contribution in [0.3, 0.4) is 0 Å². The highest BCUT2D eigenvalue weighted by molar-refractivity contribution is 7.89. The lowest BCUT2D eigenvalue weighted by Crippen LogP contribution is -2.40. The first-order valence-corrected chi connectivity index (χ1v) is 11.1. The lowest BCUT2D eigenvalue weighted by atomic mass is 10.2. The number of benzene rings is 1. The SMILES string of the molecule is O=C(NC1CCN(c2ccccn2)C1)c1ccc(S(=O)(=O)N2CCOCC2)cc1. The van der Waals surface area contributed by atoms with Crippen LogP contribution in [0.15, 0.2) is 53.6 Å². The molecule has 1 unspecified atom stereocenters. The van der Waals surface area contributed by atoms with Crippen LogP contribution in [-0.2, 0) is 14.8 Å². The van der Waals surface area contributed by atoms with Gasteiger partial charge in [-0.15, -0.1) is 0 Å². The number of rotatable bonds is 5. The van der Waals surface area contributed by atoms with Crippen LogP contribution in [0.5, 0.6) is 0 Å². The van der Waals surface area contributed by atoms with Gasteiger partial charge in [-0.25, -0.2) is 13.4 Å². The van der Waals surface area contributed by atoms with E-state index in [1.54, 1.807) is 18.3 Å². The summed E-state index contributed by atoms with van der Waals surface area (Å²) in [6.07, 6.45) is 2.60.